The van der Waals surface area contributed by atoms with Gasteiger partial charge in [-0.3, -0.25) is 0 Å². The Morgan fingerprint density at radius 2 is 2.12 bits per heavy atom. The Bertz CT molecular complexity index is 353. The molecule has 1 saturated carbocycles. The minimum Gasteiger partial charge on any atom is -0.377 e. The second-order valence-corrected chi connectivity index (χ2v) is 4.26. The molecule has 0 bridgehead atoms. The van der Waals surface area contributed by atoms with E-state index >= 15 is 0 Å². The van der Waals surface area contributed by atoms with Gasteiger partial charge in [0.15, 0.2) is 0 Å². The van der Waals surface area contributed by atoms with E-state index in [-0.39, 0.29) is 0 Å². The summed E-state index contributed by atoms with van der Waals surface area (Å²) in [5, 5.41) is 0. The van der Waals surface area contributed by atoms with E-state index in [2.05, 4.69) is 43.0 Å². The molecular formula is C15H18O. The van der Waals surface area contributed by atoms with Crippen LogP contribution in [0.2, 0.25) is 0 Å². The van der Waals surface area contributed by atoms with Crippen molar-refractivity contribution in [1.82, 2.24) is 0 Å². The van der Waals surface area contributed by atoms with Gasteiger partial charge in [-0.1, -0.05) is 48.6 Å². The Morgan fingerprint density at radius 3 is 2.88 bits per heavy atom. The molecule has 0 aliphatic heterocycles. The number of hydrogen-bond donors (Lipinski definition) is 0. The number of ether oxygens (including phenoxy) is 1. The molecule has 0 spiro atoms. The number of benzene rings is 1. The van der Waals surface area contributed by atoms with Crippen LogP contribution in [0.25, 0.3) is 6.08 Å². The van der Waals surface area contributed by atoms with Gasteiger partial charge in [0.05, 0.1) is 13.2 Å². The highest BCUT2D eigenvalue weighted by Crippen LogP contribution is 2.40. The summed E-state index contributed by atoms with van der Waals surface area (Å²) in [4.78, 5) is 0. The van der Waals surface area contributed by atoms with Crippen molar-refractivity contribution in [2.24, 2.45) is 11.8 Å². The zero-order valence-electron chi connectivity index (χ0n) is 9.51. The monoisotopic (exact) mass is 214 g/mol. The van der Waals surface area contributed by atoms with Gasteiger partial charge in [0.2, 0.25) is 0 Å². The summed E-state index contributed by atoms with van der Waals surface area (Å²) < 4.78 is 5.44. The molecule has 1 aliphatic carbocycles. The summed E-state index contributed by atoms with van der Waals surface area (Å²) in [5.41, 5.74) is 1.28. The lowest BCUT2D eigenvalue weighted by Gasteiger charge is -1.97. The molecule has 84 valence electrons. The molecule has 2 rings (SSSR count). The van der Waals surface area contributed by atoms with Gasteiger partial charge in [0.25, 0.3) is 0 Å². The molecule has 0 N–H and O–H groups in total. The van der Waals surface area contributed by atoms with Crippen LogP contribution in [0.15, 0.2) is 49.1 Å². The molecule has 1 fully saturated rings. The van der Waals surface area contributed by atoms with Gasteiger partial charge in [-0.15, -0.1) is 6.58 Å². The molecule has 1 heteroatoms. The Balaban J connectivity index is 1.72. The summed E-state index contributed by atoms with van der Waals surface area (Å²) in [6.45, 7) is 5.18. The van der Waals surface area contributed by atoms with Crippen LogP contribution in [0.1, 0.15) is 12.0 Å². The maximum Gasteiger partial charge on any atom is 0.0644 e. The van der Waals surface area contributed by atoms with Crippen molar-refractivity contribution in [1.29, 1.82) is 0 Å². The van der Waals surface area contributed by atoms with Crippen molar-refractivity contribution in [3.05, 3.63) is 54.6 Å². The number of allylic oxidation sites excluding steroid dienone is 1. The Morgan fingerprint density at radius 1 is 1.31 bits per heavy atom. The van der Waals surface area contributed by atoms with Crippen LogP contribution in [0.5, 0.6) is 0 Å². The van der Waals surface area contributed by atoms with E-state index < -0.39 is 0 Å². The fourth-order valence-electron chi connectivity index (χ4n) is 1.80. The zero-order chi connectivity index (χ0) is 11.2. The number of rotatable bonds is 6. The van der Waals surface area contributed by atoms with Gasteiger partial charge < -0.3 is 4.74 Å². The lowest BCUT2D eigenvalue weighted by Crippen LogP contribution is -1.96. The van der Waals surface area contributed by atoms with Gasteiger partial charge >= 0.3 is 0 Å². The Hall–Kier alpha value is -1.34. The molecule has 0 heterocycles. The first-order valence-corrected chi connectivity index (χ1v) is 5.82. The molecule has 2 atom stereocenters. The van der Waals surface area contributed by atoms with Crippen molar-refractivity contribution < 1.29 is 4.74 Å². The van der Waals surface area contributed by atoms with Crippen LogP contribution in [0.4, 0.5) is 0 Å². The molecule has 0 radical (unpaired) electrons. The first-order valence-electron chi connectivity index (χ1n) is 5.82. The normalized spacial score (nSPS) is 23.5. The third-order valence-electron chi connectivity index (χ3n) is 2.88. The van der Waals surface area contributed by atoms with Crippen molar-refractivity contribution in [3.63, 3.8) is 0 Å². The molecule has 0 amide bonds. The lowest BCUT2D eigenvalue weighted by atomic mass is 10.2. The van der Waals surface area contributed by atoms with Crippen molar-refractivity contribution >= 4 is 6.08 Å². The van der Waals surface area contributed by atoms with Crippen LogP contribution < -0.4 is 0 Å². The summed E-state index contributed by atoms with van der Waals surface area (Å²) in [7, 11) is 0. The molecule has 1 nitrogen and oxygen atoms in total. The standard InChI is InChI=1S/C15H18O/c1-2-10-16-12-15-11-14(15)9-8-13-6-4-3-5-7-13/h2-9,14-15H,1,10-12H2/b9-8+/t14-,15+/m0/s1. The fourth-order valence-corrected chi connectivity index (χ4v) is 1.80. The van der Waals surface area contributed by atoms with Crippen LogP contribution in [0.3, 0.4) is 0 Å². The van der Waals surface area contributed by atoms with Crippen LogP contribution in [0, 0.1) is 11.8 Å². The Kier molecular flexibility index (Phi) is 3.95. The van der Waals surface area contributed by atoms with Gasteiger partial charge in [-0.2, -0.15) is 0 Å². The molecule has 0 unspecified atom stereocenters. The van der Waals surface area contributed by atoms with E-state index in [0.29, 0.717) is 12.5 Å². The van der Waals surface area contributed by atoms with E-state index in [1.165, 1.54) is 12.0 Å². The van der Waals surface area contributed by atoms with Crippen molar-refractivity contribution in [3.8, 4) is 0 Å². The predicted molar refractivity (Wildman–Crippen MR) is 68.1 cm³/mol. The van der Waals surface area contributed by atoms with Crippen LogP contribution in [-0.2, 0) is 4.74 Å². The SMILES string of the molecule is C=CCOC[C@H]1C[C@@H]1/C=C/c1ccccc1. The highest BCUT2D eigenvalue weighted by molar-refractivity contribution is 5.49. The third kappa shape index (κ3) is 3.35. The topological polar surface area (TPSA) is 9.23 Å². The molecule has 16 heavy (non-hydrogen) atoms. The summed E-state index contributed by atoms with van der Waals surface area (Å²) in [5.74, 6) is 1.44. The molecule has 1 aromatic rings. The lowest BCUT2D eigenvalue weighted by molar-refractivity contribution is 0.149. The maximum absolute atomic E-state index is 5.44. The van der Waals surface area contributed by atoms with Crippen LogP contribution >= 0.6 is 0 Å². The van der Waals surface area contributed by atoms with Gasteiger partial charge in [-0.05, 0) is 23.8 Å². The van der Waals surface area contributed by atoms with Gasteiger partial charge in [0.1, 0.15) is 0 Å². The first-order chi connectivity index (χ1) is 7.90. The summed E-state index contributed by atoms with van der Waals surface area (Å²) in [6.07, 6.45) is 7.58. The van der Waals surface area contributed by atoms with E-state index in [0.717, 1.165) is 12.5 Å². The second kappa shape index (κ2) is 5.66. The molecule has 0 aromatic heterocycles. The predicted octanol–water partition coefficient (Wildman–Crippen LogP) is 3.54. The molecule has 1 aliphatic rings. The average molecular weight is 214 g/mol. The molecular weight excluding hydrogens is 196 g/mol. The average Bonchev–Trinajstić information content (AvgIpc) is 3.07. The van der Waals surface area contributed by atoms with E-state index in [4.69, 9.17) is 4.74 Å². The second-order valence-electron chi connectivity index (χ2n) is 4.26. The van der Waals surface area contributed by atoms with Crippen molar-refractivity contribution in [2.75, 3.05) is 13.2 Å². The van der Waals surface area contributed by atoms with Crippen molar-refractivity contribution in [2.45, 2.75) is 6.42 Å². The molecule has 0 saturated heterocycles. The summed E-state index contributed by atoms with van der Waals surface area (Å²) in [6, 6.07) is 10.4. The van der Waals surface area contributed by atoms with Crippen LogP contribution in [-0.4, -0.2) is 13.2 Å². The van der Waals surface area contributed by atoms with Gasteiger partial charge in [0, 0.05) is 0 Å². The minimum absolute atomic E-state index is 0.672. The fraction of sp³-hybridized carbons (Fsp3) is 0.333. The zero-order valence-corrected chi connectivity index (χ0v) is 9.51. The van der Waals surface area contributed by atoms with E-state index in [1.54, 1.807) is 6.08 Å². The van der Waals surface area contributed by atoms with E-state index in [1.807, 2.05) is 6.07 Å². The highest BCUT2D eigenvalue weighted by Gasteiger charge is 2.34. The quantitative estimate of drug-likeness (QED) is 0.520. The van der Waals surface area contributed by atoms with Gasteiger partial charge in [-0.25, -0.2) is 0 Å². The third-order valence-corrected chi connectivity index (χ3v) is 2.88. The maximum atomic E-state index is 5.44. The minimum atomic E-state index is 0.672. The Labute approximate surface area is 97.4 Å². The van der Waals surface area contributed by atoms with E-state index in [9.17, 15) is 0 Å². The first kappa shape index (κ1) is 11.2. The molecule has 1 aromatic carbocycles. The number of hydrogen-bond acceptors (Lipinski definition) is 1. The summed E-state index contributed by atoms with van der Waals surface area (Å²) >= 11 is 0. The smallest absolute Gasteiger partial charge is 0.0644 e. The largest absolute Gasteiger partial charge is 0.377 e. The highest BCUT2D eigenvalue weighted by atomic mass is 16.5.